The molecule has 0 spiro atoms. The summed E-state index contributed by atoms with van der Waals surface area (Å²) in [6.07, 6.45) is -1.63. The third-order valence-electron chi connectivity index (χ3n) is 2.81. The van der Waals surface area contributed by atoms with Crippen LogP contribution in [0, 0.1) is 5.92 Å². The first-order valence-corrected chi connectivity index (χ1v) is 4.55. The standard InChI is InChI=1S/C9H11F3N2/c1-14-8-4-7(9(10,11)12)3-2-6(8)5-13-14/h5,7H,2-4H2,1H3/t7-/m1/s1. The molecule has 1 aliphatic rings. The van der Waals surface area contributed by atoms with Gasteiger partial charge in [-0.1, -0.05) is 0 Å². The average molecular weight is 204 g/mol. The number of halogens is 3. The topological polar surface area (TPSA) is 17.8 Å². The minimum atomic E-state index is -4.07. The van der Waals surface area contributed by atoms with Crippen LogP contribution in [0.1, 0.15) is 17.7 Å². The van der Waals surface area contributed by atoms with Crippen LogP contribution in [0.15, 0.2) is 6.20 Å². The lowest BCUT2D eigenvalue weighted by Crippen LogP contribution is -2.29. The van der Waals surface area contributed by atoms with Crippen LogP contribution in [0.25, 0.3) is 0 Å². The van der Waals surface area contributed by atoms with Gasteiger partial charge in [0, 0.05) is 19.2 Å². The van der Waals surface area contributed by atoms with Crippen molar-refractivity contribution in [3.63, 3.8) is 0 Å². The van der Waals surface area contributed by atoms with Crippen molar-refractivity contribution < 1.29 is 13.2 Å². The third-order valence-corrected chi connectivity index (χ3v) is 2.81. The monoisotopic (exact) mass is 204 g/mol. The summed E-state index contributed by atoms with van der Waals surface area (Å²) in [5, 5.41) is 3.96. The van der Waals surface area contributed by atoms with Crippen LogP contribution in [0.2, 0.25) is 0 Å². The Morgan fingerprint density at radius 1 is 1.50 bits per heavy atom. The third kappa shape index (κ3) is 1.51. The van der Waals surface area contributed by atoms with Gasteiger partial charge in [-0.05, 0) is 18.4 Å². The second kappa shape index (κ2) is 3.00. The number of hydrogen-bond donors (Lipinski definition) is 0. The normalized spacial score (nSPS) is 22.1. The lowest BCUT2D eigenvalue weighted by atomic mass is 9.87. The zero-order valence-electron chi connectivity index (χ0n) is 7.80. The van der Waals surface area contributed by atoms with Gasteiger partial charge in [-0.25, -0.2) is 0 Å². The van der Waals surface area contributed by atoms with Gasteiger partial charge in [0.2, 0.25) is 0 Å². The highest BCUT2D eigenvalue weighted by Crippen LogP contribution is 2.36. The minimum Gasteiger partial charge on any atom is -0.272 e. The van der Waals surface area contributed by atoms with E-state index in [4.69, 9.17) is 0 Å². The molecule has 1 aromatic heterocycles. The molecule has 0 bridgehead atoms. The molecule has 2 rings (SSSR count). The van der Waals surface area contributed by atoms with Crippen LogP contribution in [0.4, 0.5) is 13.2 Å². The van der Waals surface area contributed by atoms with Crippen LogP contribution in [-0.4, -0.2) is 16.0 Å². The molecule has 1 aliphatic carbocycles. The first kappa shape index (κ1) is 9.55. The molecule has 0 saturated heterocycles. The average Bonchev–Trinajstić information content (AvgIpc) is 2.46. The fourth-order valence-corrected chi connectivity index (χ4v) is 1.92. The van der Waals surface area contributed by atoms with E-state index in [1.807, 2.05) is 0 Å². The first-order valence-electron chi connectivity index (χ1n) is 4.55. The van der Waals surface area contributed by atoms with Gasteiger partial charge in [0.05, 0.1) is 12.1 Å². The Balaban J connectivity index is 2.24. The van der Waals surface area contributed by atoms with Crippen molar-refractivity contribution in [3.05, 3.63) is 17.5 Å². The van der Waals surface area contributed by atoms with E-state index in [2.05, 4.69) is 5.10 Å². The second-order valence-corrected chi connectivity index (χ2v) is 3.72. The molecule has 0 saturated carbocycles. The van der Waals surface area contributed by atoms with Crippen LogP contribution in [0.5, 0.6) is 0 Å². The summed E-state index contributed by atoms with van der Waals surface area (Å²) in [4.78, 5) is 0. The number of aryl methyl sites for hydroxylation is 2. The number of aromatic nitrogens is 2. The summed E-state index contributed by atoms with van der Waals surface area (Å²) in [6, 6.07) is 0. The molecule has 0 aliphatic heterocycles. The van der Waals surface area contributed by atoms with Gasteiger partial charge in [-0.2, -0.15) is 18.3 Å². The molecule has 1 aromatic rings. The molecule has 5 heteroatoms. The Morgan fingerprint density at radius 3 is 2.86 bits per heavy atom. The van der Waals surface area contributed by atoms with E-state index >= 15 is 0 Å². The summed E-state index contributed by atoms with van der Waals surface area (Å²) < 4.78 is 38.9. The predicted molar refractivity (Wildman–Crippen MR) is 44.8 cm³/mol. The maximum Gasteiger partial charge on any atom is 0.392 e. The SMILES string of the molecule is Cn1ncc2c1C[C@H](C(F)(F)F)CC2. The Morgan fingerprint density at radius 2 is 2.21 bits per heavy atom. The van der Waals surface area contributed by atoms with E-state index < -0.39 is 12.1 Å². The van der Waals surface area contributed by atoms with Crippen molar-refractivity contribution in [2.45, 2.75) is 25.4 Å². The van der Waals surface area contributed by atoms with Crippen LogP contribution < -0.4 is 0 Å². The molecular formula is C9H11F3N2. The van der Waals surface area contributed by atoms with Crippen molar-refractivity contribution in [3.8, 4) is 0 Å². The summed E-state index contributed by atoms with van der Waals surface area (Å²) in [5.41, 5.74) is 1.70. The molecule has 0 fully saturated rings. The second-order valence-electron chi connectivity index (χ2n) is 3.72. The van der Waals surface area contributed by atoms with Gasteiger partial charge in [0.25, 0.3) is 0 Å². The van der Waals surface area contributed by atoms with Gasteiger partial charge in [0.15, 0.2) is 0 Å². The molecule has 0 radical (unpaired) electrons. The summed E-state index contributed by atoms with van der Waals surface area (Å²) in [7, 11) is 1.69. The van der Waals surface area contributed by atoms with Crippen molar-refractivity contribution in [1.29, 1.82) is 0 Å². The number of nitrogens with zero attached hydrogens (tertiary/aromatic N) is 2. The van der Waals surface area contributed by atoms with Crippen molar-refractivity contribution in [2.75, 3.05) is 0 Å². The van der Waals surface area contributed by atoms with Crippen LogP contribution in [-0.2, 0) is 19.9 Å². The van der Waals surface area contributed by atoms with E-state index in [-0.39, 0.29) is 12.8 Å². The summed E-state index contributed by atoms with van der Waals surface area (Å²) >= 11 is 0. The van der Waals surface area contributed by atoms with Crippen molar-refractivity contribution in [1.82, 2.24) is 9.78 Å². The molecule has 1 atom stereocenters. The molecule has 14 heavy (non-hydrogen) atoms. The molecule has 0 amide bonds. The maximum atomic E-state index is 12.4. The quantitative estimate of drug-likeness (QED) is 0.632. The van der Waals surface area contributed by atoms with Gasteiger partial charge in [-0.15, -0.1) is 0 Å². The molecule has 1 heterocycles. The summed E-state index contributed by atoms with van der Waals surface area (Å²) in [5.74, 6) is -1.19. The number of hydrogen-bond acceptors (Lipinski definition) is 1. The Labute approximate surface area is 79.7 Å². The Hall–Kier alpha value is -1.00. The van der Waals surface area contributed by atoms with Crippen molar-refractivity contribution in [2.24, 2.45) is 13.0 Å². The smallest absolute Gasteiger partial charge is 0.272 e. The van der Waals surface area contributed by atoms with Crippen molar-refractivity contribution >= 4 is 0 Å². The zero-order chi connectivity index (χ0) is 10.3. The van der Waals surface area contributed by atoms with E-state index in [1.165, 1.54) is 0 Å². The molecule has 0 unspecified atom stereocenters. The highest BCUT2D eigenvalue weighted by molar-refractivity contribution is 5.21. The lowest BCUT2D eigenvalue weighted by molar-refractivity contribution is -0.177. The van der Waals surface area contributed by atoms with Crippen LogP contribution in [0.3, 0.4) is 0 Å². The summed E-state index contributed by atoms with van der Waals surface area (Å²) in [6.45, 7) is 0. The van der Waals surface area contributed by atoms with E-state index in [9.17, 15) is 13.2 Å². The van der Waals surface area contributed by atoms with Gasteiger partial charge < -0.3 is 0 Å². The number of fused-ring (bicyclic) bond motifs is 1. The van der Waals surface area contributed by atoms with E-state index in [0.29, 0.717) is 6.42 Å². The Kier molecular flexibility index (Phi) is 2.05. The maximum absolute atomic E-state index is 12.4. The Bertz CT molecular complexity index is 340. The van der Waals surface area contributed by atoms with Gasteiger partial charge in [-0.3, -0.25) is 4.68 Å². The molecular weight excluding hydrogens is 193 g/mol. The zero-order valence-corrected chi connectivity index (χ0v) is 7.80. The van der Waals surface area contributed by atoms with E-state index in [1.54, 1.807) is 17.9 Å². The molecule has 0 aromatic carbocycles. The molecule has 0 N–H and O–H groups in total. The fraction of sp³-hybridized carbons (Fsp3) is 0.667. The number of rotatable bonds is 0. The highest BCUT2D eigenvalue weighted by atomic mass is 19.4. The minimum absolute atomic E-state index is 0.0787. The van der Waals surface area contributed by atoms with Crippen LogP contribution >= 0.6 is 0 Å². The van der Waals surface area contributed by atoms with Gasteiger partial charge >= 0.3 is 6.18 Å². The largest absolute Gasteiger partial charge is 0.392 e. The van der Waals surface area contributed by atoms with E-state index in [0.717, 1.165) is 11.3 Å². The molecule has 2 nitrogen and oxygen atoms in total. The van der Waals surface area contributed by atoms with Gasteiger partial charge in [0.1, 0.15) is 0 Å². The highest BCUT2D eigenvalue weighted by Gasteiger charge is 2.41. The lowest BCUT2D eigenvalue weighted by Gasteiger charge is -2.24. The fourth-order valence-electron chi connectivity index (χ4n) is 1.92. The number of alkyl halides is 3. The predicted octanol–water partition coefficient (Wildman–Crippen LogP) is 2.09. The molecule has 78 valence electrons. The first-order chi connectivity index (χ1) is 6.48.